The average Bonchev–Trinajstić information content (AvgIpc) is 2.89. The molecule has 0 saturated carbocycles. The minimum Gasteiger partial charge on any atom is -0.398 e. The summed E-state index contributed by atoms with van der Waals surface area (Å²) in [7, 11) is 1.28. The molecule has 2 amide bonds. The van der Waals surface area contributed by atoms with Gasteiger partial charge in [-0.15, -0.1) is 11.3 Å². The third kappa shape index (κ3) is 3.39. The molecule has 1 aliphatic rings. The Balaban J connectivity index is 2.10. The first-order chi connectivity index (χ1) is 10.8. The smallest absolute Gasteiger partial charge is 0.329 e. The van der Waals surface area contributed by atoms with Crippen molar-refractivity contribution in [3.63, 3.8) is 0 Å². The summed E-state index contributed by atoms with van der Waals surface area (Å²) in [4.78, 5) is 48.5. The highest BCUT2D eigenvalue weighted by Crippen LogP contribution is 2.23. The molecular formula is C12H15N5O5S. The molecule has 1 aliphatic heterocycles. The SMILES string of the molecule is CO/N=C(\C(=O)NC1(C)CN(OC(C)=O)C1=O)c1csc(N)n1. The Hall–Kier alpha value is -2.69. The number of nitrogens with one attached hydrogen (secondary N) is 1. The predicted molar refractivity (Wildman–Crippen MR) is 80.1 cm³/mol. The monoisotopic (exact) mass is 341 g/mol. The number of thiazole rings is 1. The summed E-state index contributed by atoms with van der Waals surface area (Å²) in [5, 5.41) is 8.84. The second-order valence-corrected chi connectivity index (χ2v) is 5.79. The van der Waals surface area contributed by atoms with Crippen LogP contribution in [0.5, 0.6) is 0 Å². The van der Waals surface area contributed by atoms with Crippen LogP contribution in [0.1, 0.15) is 19.5 Å². The minimum absolute atomic E-state index is 0.0244. The zero-order valence-electron chi connectivity index (χ0n) is 12.7. The number of nitrogen functional groups attached to an aromatic ring is 1. The zero-order valence-corrected chi connectivity index (χ0v) is 13.5. The summed E-state index contributed by atoms with van der Waals surface area (Å²) in [6.45, 7) is 2.71. The highest BCUT2D eigenvalue weighted by Gasteiger charge is 2.52. The molecule has 3 N–H and O–H groups in total. The summed E-state index contributed by atoms with van der Waals surface area (Å²) < 4.78 is 0. The lowest BCUT2D eigenvalue weighted by atomic mass is 9.92. The molecule has 2 heterocycles. The molecule has 0 bridgehead atoms. The molecule has 1 atom stereocenters. The fraction of sp³-hybridized carbons (Fsp3) is 0.417. The summed E-state index contributed by atoms with van der Waals surface area (Å²) in [5.41, 5.74) is 4.45. The van der Waals surface area contributed by atoms with Crippen LogP contribution in [-0.4, -0.2) is 52.7 Å². The van der Waals surface area contributed by atoms with Gasteiger partial charge in [-0.2, -0.15) is 5.06 Å². The average molecular weight is 341 g/mol. The van der Waals surface area contributed by atoms with E-state index in [0.29, 0.717) is 0 Å². The van der Waals surface area contributed by atoms with Gasteiger partial charge in [-0.3, -0.25) is 14.4 Å². The Morgan fingerprint density at radius 3 is 2.74 bits per heavy atom. The molecule has 1 saturated heterocycles. The van der Waals surface area contributed by atoms with Gasteiger partial charge in [0.25, 0.3) is 11.8 Å². The number of hydroxylamine groups is 2. The molecule has 2 rings (SSSR count). The number of carbonyl (C=O) groups excluding carboxylic acids is 3. The van der Waals surface area contributed by atoms with Gasteiger partial charge in [-0.1, -0.05) is 5.16 Å². The number of β-lactam (4-membered cyclic amide) rings is 1. The van der Waals surface area contributed by atoms with Crippen molar-refractivity contribution in [2.45, 2.75) is 19.4 Å². The topological polar surface area (TPSA) is 136 Å². The molecule has 1 unspecified atom stereocenters. The molecule has 11 heteroatoms. The van der Waals surface area contributed by atoms with Gasteiger partial charge in [0.15, 0.2) is 10.8 Å². The highest BCUT2D eigenvalue weighted by molar-refractivity contribution is 7.13. The zero-order chi connectivity index (χ0) is 17.2. The van der Waals surface area contributed by atoms with Gasteiger partial charge in [0.1, 0.15) is 18.3 Å². The van der Waals surface area contributed by atoms with E-state index < -0.39 is 23.3 Å². The van der Waals surface area contributed by atoms with Crippen molar-refractivity contribution in [3.05, 3.63) is 11.1 Å². The first kappa shape index (κ1) is 16.7. The second kappa shape index (κ2) is 6.20. The summed E-state index contributed by atoms with van der Waals surface area (Å²) in [5.74, 6) is -1.82. The molecule has 1 fully saturated rings. The van der Waals surface area contributed by atoms with Crippen molar-refractivity contribution >= 4 is 40.0 Å². The van der Waals surface area contributed by atoms with Crippen LogP contribution in [0.25, 0.3) is 0 Å². The van der Waals surface area contributed by atoms with Gasteiger partial charge in [0, 0.05) is 12.3 Å². The maximum Gasteiger partial charge on any atom is 0.329 e. The molecule has 23 heavy (non-hydrogen) atoms. The largest absolute Gasteiger partial charge is 0.398 e. The van der Waals surface area contributed by atoms with Gasteiger partial charge >= 0.3 is 5.97 Å². The number of hydrogen-bond donors (Lipinski definition) is 2. The Morgan fingerprint density at radius 2 is 2.26 bits per heavy atom. The maximum atomic E-state index is 12.3. The molecule has 0 radical (unpaired) electrons. The van der Waals surface area contributed by atoms with Crippen LogP contribution in [0.2, 0.25) is 0 Å². The molecule has 1 aromatic rings. The quantitative estimate of drug-likeness (QED) is 0.409. The fourth-order valence-corrected chi connectivity index (χ4v) is 2.48. The van der Waals surface area contributed by atoms with Crippen LogP contribution in [0.15, 0.2) is 10.5 Å². The summed E-state index contributed by atoms with van der Waals surface area (Å²) in [6, 6.07) is 0. The van der Waals surface area contributed by atoms with Crippen molar-refractivity contribution in [1.82, 2.24) is 15.4 Å². The minimum atomic E-state index is -1.21. The van der Waals surface area contributed by atoms with Crippen LogP contribution in [0.3, 0.4) is 0 Å². The molecule has 0 aliphatic carbocycles. The van der Waals surface area contributed by atoms with E-state index in [2.05, 4.69) is 25.1 Å². The number of aromatic nitrogens is 1. The molecule has 1 aromatic heterocycles. The van der Waals surface area contributed by atoms with Crippen molar-refractivity contribution in [1.29, 1.82) is 0 Å². The van der Waals surface area contributed by atoms with Crippen LogP contribution in [0.4, 0.5) is 5.13 Å². The van der Waals surface area contributed by atoms with Crippen LogP contribution in [0, 0.1) is 0 Å². The fourth-order valence-electron chi connectivity index (χ4n) is 1.93. The third-order valence-corrected chi connectivity index (χ3v) is 3.62. The Morgan fingerprint density at radius 1 is 1.57 bits per heavy atom. The summed E-state index contributed by atoms with van der Waals surface area (Å²) in [6.07, 6.45) is 0. The van der Waals surface area contributed by atoms with E-state index in [4.69, 9.17) is 5.73 Å². The van der Waals surface area contributed by atoms with Gasteiger partial charge in [0.2, 0.25) is 0 Å². The van der Waals surface area contributed by atoms with Crippen molar-refractivity contribution in [3.8, 4) is 0 Å². The number of amides is 2. The third-order valence-electron chi connectivity index (χ3n) is 2.95. The van der Waals surface area contributed by atoms with E-state index in [1.165, 1.54) is 21.0 Å². The molecule has 10 nitrogen and oxygen atoms in total. The number of oxime groups is 1. The maximum absolute atomic E-state index is 12.3. The van der Waals surface area contributed by atoms with E-state index >= 15 is 0 Å². The van der Waals surface area contributed by atoms with Crippen molar-refractivity contribution < 1.29 is 24.1 Å². The van der Waals surface area contributed by atoms with Crippen LogP contribution in [-0.2, 0) is 24.1 Å². The first-order valence-electron chi connectivity index (χ1n) is 6.42. The summed E-state index contributed by atoms with van der Waals surface area (Å²) >= 11 is 1.14. The van der Waals surface area contributed by atoms with Crippen LogP contribution < -0.4 is 11.1 Å². The molecule has 0 spiro atoms. The number of anilines is 1. The number of hydrogen-bond acceptors (Lipinski definition) is 9. The van der Waals surface area contributed by atoms with E-state index in [9.17, 15) is 14.4 Å². The Bertz CT molecular complexity index is 687. The molecule has 124 valence electrons. The van der Waals surface area contributed by atoms with E-state index in [0.717, 1.165) is 16.4 Å². The lowest BCUT2D eigenvalue weighted by Crippen LogP contribution is -2.73. The Kier molecular flexibility index (Phi) is 4.50. The lowest BCUT2D eigenvalue weighted by molar-refractivity contribution is -0.223. The van der Waals surface area contributed by atoms with Crippen LogP contribution >= 0.6 is 11.3 Å². The number of nitrogens with two attached hydrogens (primary N) is 1. The van der Waals surface area contributed by atoms with Gasteiger partial charge in [0.05, 0.1) is 6.54 Å². The molecular weight excluding hydrogens is 326 g/mol. The predicted octanol–water partition coefficient (Wildman–Crippen LogP) is -0.729. The van der Waals surface area contributed by atoms with E-state index in [1.807, 2.05) is 0 Å². The highest BCUT2D eigenvalue weighted by atomic mass is 32.1. The van der Waals surface area contributed by atoms with Gasteiger partial charge in [-0.25, -0.2) is 4.98 Å². The van der Waals surface area contributed by atoms with Gasteiger partial charge in [-0.05, 0) is 6.92 Å². The van der Waals surface area contributed by atoms with E-state index in [-0.39, 0.29) is 23.1 Å². The first-order valence-corrected chi connectivity index (χ1v) is 7.30. The normalized spacial score (nSPS) is 20.7. The second-order valence-electron chi connectivity index (χ2n) is 4.90. The molecule has 0 aromatic carbocycles. The van der Waals surface area contributed by atoms with Gasteiger partial charge < -0.3 is 20.7 Å². The lowest BCUT2D eigenvalue weighted by Gasteiger charge is -2.44. The number of rotatable bonds is 5. The number of carbonyl (C=O) groups is 3. The number of nitrogens with zero attached hydrogens (tertiary/aromatic N) is 3. The Labute approximate surface area is 135 Å². The van der Waals surface area contributed by atoms with Crippen molar-refractivity contribution in [2.24, 2.45) is 5.16 Å². The standard InChI is InChI=1S/C12H15N5O5S/c1-6(18)22-17-5-12(2,10(17)20)15-9(19)8(16-21-3)7-4-23-11(13)14-7/h4H,5H2,1-3H3,(H2,13,14)(H,15,19)/b16-8-. The van der Waals surface area contributed by atoms with E-state index in [1.54, 1.807) is 5.38 Å². The van der Waals surface area contributed by atoms with Crippen molar-refractivity contribution in [2.75, 3.05) is 19.4 Å².